The molecule has 5 nitrogen and oxygen atoms in total. The summed E-state index contributed by atoms with van der Waals surface area (Å²) in [5.74, 6) is 0.645. The lowest BCUT2D eigenvalue weighted by Gasteiger charge is -2.35. The molecule has 0 bridgehead atoms. The topological polar surface area (TPSA) is 50.8 Å². The summed E-state index contributed by atoms with van der Waals surface area (Å²) in [6, 6.07) is 7.78. The fourth-order valence-electron chi connectivity index (χ4n) is 2.21. The van der Waals surface area contributed by atoms with Crippen molar-refractivity contribution in [3.63, 3.8) is 0 Å². The van der Waals surface area contributed by atoms with Gasteiger partial charge in [-0.15, -0.1) is 0 Å². The van der Waals surface area contributed by atoms with E-state index in [1.807, 2.05) is 38.1 Å². The highest BCUT2D eigenvalue weighted by Crippen LogP contribution is 2.32. The van der Waals surface area contributed by atoms with Gasteiger partial charge in [0.05, 0.1) is 24.9 Å². The van der Waals surface area contributed by atoms with E-state index in [-0.39, 0.29) is 12.0 Å². The van der Waals surface area contributed by atoms with E-state index in [9.17, 15) is 4.79 Å². The van der Waals surface area contributed by atoms with E-state index < -0.39 is 6.10 Å². The molecule has 1 N–H and O–H groups in total. The van der Waals surface area contributed by atoms with E-state index in [0.717, 1.165) is 18.0 Å². The largest absolute Gasteiger partial charge is 0.477 e. The van der Waals surface area contributed by atoms with Crippen LogP contribution in [0.4, 0.5) is 5.69 Å². The molecule has 1 amide bonds. The number of likely N-dealkylation sites (N-methyl/N-ethyl adjacent to an activating group) is 1. The number of anilines is 1. The normalized spacial score (nSPS) is 17.6. The number of fused-ring (bicyclic) bond motifs is 1. The van der Waals surface area contributed by atoms with E-state index in [1.54, 1.807) is 7.05 Å². The third kappa shape index (κ3) is 3.42. The van der Waals surface area contributed by atoms with Crippen LogP contribution in [0.5, 0.6) is 5.75 Å². The van der Waals surface area contributed by atoms with Gasteiger partial charge in [-0.3, -0.25) is 4.79 Å². The highest BCUT2D eigenvalue weighted by atomic mass is 16.5. The third-order valence-corrected chi connectivity index (χ3v) is 3.21. The minimum atomic E-state index is -0.478. The summed E-state index contributed by atoms with van der Waals surface area (Å²) in [4.78, 5) is 14.0. The van der Waals surface area contributed by atoms with Gasteiger partial charge in [-0.2, -0.15) is 0 Å². The van der Waals surface area contributed by atoms with E-state index in [1.165, 1.54) is 0 Å². The van der Waals surface area contributed by atoms with Crippen LogP contribution in [0.15, 0.2) is 24.3 Å². The summed E-state index contributed by atoms with van der Waals surface area (Å²) in [5.41, 5.74) is 1.01. The molecule has 5 heteroatoms. The zero-order chi connectivity index (χ0) is 14.5. The standard InChI is InChI=1S/C15H22N2O3/c1-11(2)19-9-8-17-10-14(15(18)16-3)20-13-7-5-4-6-12(13)17/h4-7,11,14H,8-10H2,1-3H3,(H,16,18). The van der Waals surface area contributed by atoms with Gasteiger partial charge in [0.2, 0.25) is 0 Å². The van der Waals surface area contributed by atoms with Gasteiger partial charge in [0, 0.05) is 13.6 Å². The van der Waals surface area contributed by atoms with Crippen molar-refractivity contribution in [1.29, 1.82) is 0 Å². The van der Waals surface area contributed by atoms with Gasteiger partial charge >= 0.3 is 0 Å². The Labute approximate surface area is 119 Å². The Morgan fingerprint density at radius 3 is 2.95 bits per heavy atom. The number of benzene rings is 1. The Bertz CT molecular complexity index is 462. The molecule has 0 spiro atoms. The molecule has 1 atom stereocenters. The average Bonchev–Trinajstić information content (AvgIpc) is 2.45. The molecule has 0 fully saturated rings. The molecule has 1 aromatic rings. The molecule has 0 saturated heterocycles. The molecule has 1 aliphatic heterocycles. The Balaban J connectivity index is 2.10. The molecule has 1 aromatic carbocycles. The van der Waals surface area contributed by atoms with Crippen molar-refractivity contribution in [1.82, 2.24) is 5.32 Å². The van der Waals surface area contributed by atoms with Gasteiger partial charge in [-0.05, 0) is 26.0 Å². The van der Waals surface area contributed by atoms with Crippen LogP contribution in [0.25, 0.3) is 0 Å². The van der Waals surface area contributed by atoms with E-state index in [4.69, 9.17) is 9.47 Å². The van der Waals surface area contributed by atoms with Crippen LogP contribution in [-0.2, 0) is 9.53 Å². The van der Waals surface area contributed by atoms with Crippen molar-refractivity contribution in [2.24, 2.45) is 0 Å². The Morgan fingerprint density at radius 2 is 2.25 bits per heavy atom. The Morgan fingerprint density at radius 1 is 1.50 bits per heavy atom. The Kier molecular flexibility index (Phi) is 4.84. The van der Waals surface area contributed by atoms with Crippen molar-refractivity contribution in [3.05, 3.63) is 24.3 Å². The maximum atomic E-state index is 11.8. The first kappa shape index (κ1) is 14.7. The van der Waals surface area contributed by atoms with Gasteiger partial charge in [-0.25, -0.2) is 0 Å². The smallest absolute Gasteiger partial charge is 0.262 e. The van der Waals surface area contributed by atoms with Crippen LogP contribution in [0.1, 0.15) is 13.8 Å². The minimum absolute atomic E-state index is 0.103. The molecular weight excluding hydrogens is 256 g/mol. The molecule has 110 valence electrons. The van der Waals surface area contributed by atoms with E-state index >= 15 is 0 Å². The molecule has 2 rings (SSSR count). The van der Waals surface area contributed by atoms with Crippen molar-refractivity contribution in [2.45, 2.75) is 26.1 Å². The summed E-state index contributed by atoms with van der Waals surface area (Å²) < 4.78 is 11.3. The molecule has 0 radical (unpaired) electrons. The summed E-state index contributed by atoms with van der Waals surface area (Å²) in [7, 11) is 1.62. The first-order valence-corrected chi connectivity index (χ1v) is 6.95. The second-order valence-corrected chi connectivity index (χ2v) is 5.05. The highest BCUT2D eigenvalue weighted by Gasteiger charge is 2.29. The first-order chi connectivity index (χ1) is 9.61. The van der Waals surface area contributed by atoms with E-state index in [0.29, 0.717) is 13.2 Å². The lowest BCUT2D eigenvalue weighted by Crippen LogP contribution is -2.49. The van der Waals surface area contributed by atoms with Crippen molar-refractivity contribution < 1.29 is 14.3 Å². The SMILES string of the molecule is CNC(=O)C1CN(CCOC(C)C)c2ccccc2O1. The predicted molar refractivity (Wildman–Crippen MR) is 78.2 cm³/mol. The van der Waals surface area contributed by atoms with Crippen LogP contribution >= 0.6 is 0 Å². The number of amides is 1. The van der Waals surface area contributed by atoms with Gasteiger partial charge in [0.15, 0.2) is 6.10 Å². The maximum Gasteiger partial charge on any atom is 0.262 e. The Hall–Kier alpha value is -1.75. The molecule has 1 heterocycles. The monoisotopic (exact) mass is 278 g/mol. The molecular formula is C15H22N2O3. The van der Waals surface area contributed by atoms with Gasteiger partial charge in [0.1, 0.15) is 5.75 Å². The predicted octanol–water partition coefficient (Wildman–Crippen LogP) is 1.42. The van der Waals surface area contributed by atoms with Gasteiger partial charge in [-0.1, -0.05) is 12.1 Å². The third-order valence-electron chi connectivity index (χ3n) is 3.21. The molecule has 0 aliphatic carbocycles. The fraction of sp³-hybridized carbons (Fsp3) is 0.533. The molecule has 1 aliphatic rings. The number of nitrogens with one attached hydrogen (secondary N) is 1. The van der Waals surface area contributed by atoms with Crippen molar-refractivity contribution >= 4 is 11.6 Å². The second kappa shape index (κ2) is 6.61. The van der Waals surface area contributed by atoms with Gasteiger partial charge in [0.25, 0.3) is 5.91 Å². The fourth-order valence-corrected chi connectivity index (χ4v) is 2.21. The van der Waals surface area contributed by atoms with Crippen LogP contribution in [0, 0.1) is 0 Å². The summed E-state index contributed by atoms with van der Waals surface area (Å²) in [6.45, 7) is 5.94. The molecule has 1 unspecified atom stereocenters. The lowest BCUT2D eigenvalue weighted by atomic mass is 10.2. The number of carbonyl (C=O) groups excluding carboxylic acids is 1. The highest BCUT2D eigenvalue weighted by molar-refractivity contribution is 5.83. The zero-order valence-corrected chi connectivity index (χ0v) is 12.3. The summed E-state index contributed by atoms with van der Waals surface area (Å²) >= 11 is 0. The zero-order valence-electron chi connectivity index (χ0n) is 12.3. The number of rotatable bonds is 5. The molecule has 0 aromatic heterocycles. The lowest BCUT2D eigenvalue weighted by molar-refractivity contribution is -0.127. The molecule has 0 saturated carbocycles. The number of nitrogens with zero attached hydrogens (tertiary/aromatic N) is 1. The minimum Gasteiger partial charge on any atom is -0.477 e. The van der Waals surface area contributed by atoms with Crippen LogP contribution < -0.4 is 15.0 Å². The quantitative estimate of drug-likeness (QED) is 0.885. The van der Waals surface area contributed by atoms with Crippen molar-refractivity contribution in [3.8, 4) is 5.75 Å². The average molecular weight is 278 g/mol. The number of hydrogen-bond donors (Lipinski definition) is 1. The number of para-hydroxylation sites is 2. The number of hydrogen-bond acceptors (Lipinski definition) is 4. The number of ether oxygens (including phenoxy) is 2. The molecule has 20 heavy (non-hydrogen) atoms. The number of carbonyl (C=O) groups is 1. The summed E-state index contributed by atoms with van der Waals surface area (Å²) in [5, 5.41) is 2.64. The van der Waals surface area contributed by atoms with Gasteiger partial charge < -0.3 is 19.7 Å². The summed E-state index contributed by atoms with van der Waals surface area (Å²) in [6.07, 6.45) is -0.269. The van der Waals surface area contributed by atoms with Crippen molar-refractivity contribution in [2.75, 3.05) is 31.6 Å². The van der Waals surface area contributed by atoms with Crippen LogP contribution in [0.3, 0.4) is 0 Å². The van der Waals surface area contributed by atoms with E-state index in [2.05, 4.69) is 10.2 Å². The van der Waals surface area contributed by atoms with Crippen LogP contribution in [-0.4, -0.2) is 44.9 Å². The maximum absolute atomic E-state index is 11.8. The first-order valence-electron chi connectivity index (χ1n) is 6.95. The van der Waals surface area contributed by atoms with Crippen LogP contribution in [0.2, 0.25) is 0 Å². The second-order valence-electron chi connectivity index (χ2n) is 5.05.